The van der Waals surface area contributed by atoms with Gasteiger partial charge in [0.1, 0.15) is 5.52 Å². The fourth-order valence-electron chi connectivity index (χ4n) is 2.05. The number of aromatic nitrogens is 4. The third-order valence-corrected chi connectivity index (χ3v) is 3.22. The second kappa shape index (κ2) is 7.52. The van der Waals surface area contributed by atoms with Gasteiger partial charge in [0, 0.05) is 26.3 Å². The highest BCUT2D eigenvalue weighted by Crippen LogP contribution is 2.14. The van der Waals surface area contributed by atoms with Crippen molar-refractivity contribution < 1.29 is 19.1 Å². The van der Waals surface area contributed by atoms with E-state index < -0.39 is 0 Å². The molecule has 0 saturated heterocycles. The fraction of sp³-hybridized carbons (Fsp3) is 0.500. The predicted molar refractivity (Wildman–Crippen MR) is 81.1 cm³/mol. The van der Waals surface area contributed by atoms with E-state index in [0.717, 1.165) is 5.52 Å². The molecule has 0 atom stereocenters. The van der Waals surface area contributed by atoms with E-state index in [0.29, 0.717) is 18.6 Å². The molecule has 2 aromatic heterocycles. The molecule has 0 spiro atoms. The molecule has 0 aliphatic heterocycles. The van der Waals surface area contributed by atoms with Crippen LogP contribution in [0.3, 0.4) is 0 Å². The lowest BCUT2D eigenvalue weighted by molar-refractivity contribution is -0.146. The zero-order valence-corrected chi connectivity index (χ0v) is 13.1. The van der Waals surface area contributed by atoms with E-state index >= 15 is 0 Å². The number of nitrogen functional groups attached to an aromatic ring is 1. The monoisotopic (exact) mass is 321 g/mol. The van der Waals surface area contributed by atoms with Crippen molar-refractivity contribution in [2.45, 2.75) is 26.8 Å². The fourth-order valence-corrected chi connectivity index (χ4v) is 2.05. The summed E-state index contributed by atoms with van der Waals surface area (Å²) < 4.78 is 11.9. The standard InChI is InChI=1S/C14H19N5O4/c1-9(20)22-6-11(7-23-10(2)21)3-4-19-8-17-13-12(19)5-16-14(15)18-13/h5,8,11H,3-4,6-7H2,1-2H3,(H2,15,16,18). The van der Waals surface area contributed by atoms with E-state index in [1.54, 1.807) is 12.5 Å². The number of anilines is 1. The van der Waals surface area contributed by atoms with Crippen molar-refractivity contribution in [3.8, 4) is 0 Å². The lowest BCUT2D eigenvalue weighted by Gasteiger charge is -2.16. The van der Waals surface area contributed by atoms with Gasteiger partial charge in [-0.3, -0.25) is 9.59 Å². The van der Waals surface area contributed by atoms with Crippen molar-refractivity contribution in [1.29, 1.82) is 0 Å². The minimum Gasteiger partial charge on any atom is -0.465 e. The van der Waals surface area contributed by atoms with Crippen molar-refractivity contribution in [3.63, 3.8) is 0 Å². The Morgan fingerprint density at radius 3 is 2.48 bits per heavy atom. The smallest absolute Gasteiger partial charge is 0.302 e. The zero-order valence-electron chi connectivity index (χ0n) is 13.1. The van der Waals surface area contributed by atoms with Gasteiger partial charge in [0.25, 0.3) is 0 Å². The van der Waals surface area contributed by atoms with Crippen molar-refractivity contribution in [3.05, 3.63) is 12.5 Å². The molecule has 0 aromatic carbocycles. The van der Waals surface area contributed by atoms with E-state index in [4.69, 9.17) is 15.2 Å². The maximum atomic E-state index is 11.0. The Labute approximate surface area is 132 Å². The number of hydrogen-bond acceptors (Lipinski definition) is 8. The predicted octanol–water partition coefficient (Wildman–Crippen LogP) is 0.541. The van der Waals surface area contributed by atoms with Crippen molar-refractivity contribution in [1.82, 2.24) is 19.5 Å². The minimum atomic E-state index is -0.366. The van der Waals surface area contributed by atoms with Gasteiger partial charge in [-0.1, -0.05) is 0 Å². The lowest BCUT2D eigenvalue weighted by Crippen LogP contribution is -2.21. The number of carbonyl (C=O) groups excluding carboxylic acids is 2. The van der Waals surface area contributed by atoms with Crippen LogP contribution in [-0.4, -0.2) is 44.7 Å². The van der Waals surface area contributed by atoms with Gasteiger partial charge in [0.15, 0.2) is 5.65 Å². The maximum Gasteiger partial charge on any atom is 0.302 e. The van der Waals surface area contributed by atoms with E-state index in [1.165, 1.54) is 13.8 Å². The van der Waals surface area contributed by atoms with Crippen LogP contribution >= 0.6 is 0 Å². The maximum absolute atomic E-state index is 11.0. The first-order valence-corrected chi connectivity index (χ1v) is 7.15. The van der Waals surface area contributed by atoms with Crippen molar-refractivity contribution >= 4 is 29.1 Å². The quantitative estimate of drug-likeness (QED) is 0.733. The Balaban J connectivity index is 2.00. The van der Waals surface area contributed by atoms with Crippen LogP contribution in [0.1, 0.15) is 20.3 Å². The summed E-state index contributed by atoms with van der Waals surface area (Å²) in [5.41, 5.74) is 6.81. The van der Waals surface area contributed by atoms with Gasteiger partial charge >= 0.3 is 11.9 Å². The number of imidazole rings is 1. The van der Waals surface area contributed by atoms with Crippen LogP contribution < -0.4 is 5.73 Å². The van der Waals surface area contributed by atoms with Crippen LogP contribution in [0.5, 0.6) is 0 Å². The van der Waals surface area contributed by atoms with E-state index in [2.05, 4.69) is 15.0 Å². The highest BCUT2D eigenvalue weighted by Gasteiger charge is 2.14. The lowest BCUT2D eigenvalue weighted by atomic mass is 10.1. The third-order valence-electron chi connectivity index (χ3n) is 3.22. The van der Waals surface area contributed by atoms with E-state index in [1.807, 2.05) is 4.57 Å². The van der Waals surface area contributed by atoms with Crippen LogP contribution in [-0.2, 0) is 25.6 Å². The number of rotatable bonds is 7. The molecule has 0 fully saturated rings. The molecule has 0 radical (unpaired) electrons. The first kappa shape index (κ1) is 16.7. The summed E-state index contributed by atoms with van der Waals surface area (Å²) in [6, 6.07) is 0. The highest BCUT2D eigenvalue weighted by molar-refractivity contribution is 5.70. The Hall–Kier alpha value is -2.71. The molecule has 9 heteroatoms. The summed E-state index contributed by atoms with van der Waals surface area (Å²) in [6.45, 7) is 3.66. The SMILES string of the molecule is CC(=O)OCC(CCn1cnc2nc(N)ncc21)COC(C)=O. The van der Waals surface area contributed by atoms with Gasteiger partial charge in [-0.25, -0.2) is 9.97 Å². The van der Waals surface area contributed by atoms with Gasteiger partial charge in [-0.15, -0.1) is 0 Å². The number of nitrogens with two attached hydrogens (primary N) is 1. The Morgan fingerprint density at radius 2 is 1.87 bits per heavy atom. The molecule has 0 saturated carbocycles. The first-order chi connectivity index (χ1) is 11.0. The number of nitrogens with zero attached hydrogens (tertiary/aromatic N) is 4. The summed E-state index contributed by atoms with van der Waals surface area (Å²) in [6.07, 6.45) is 3.89. The molecule has 2 rings (SSSR count). The molecule has 0 amide bonds. The van der Waals surface area contributed by atoms with E-state index in [9.17, 15) is 9.59 Å². The van der Waals surface area contributed by atoms with Gasteiger partial charge in [0.05, 0.1) is 25.7 Å². The molecule has 2 N–H and O–H groups in total. The molecule has 0 bridgehead atoms. The number of hydrogen-bond donors (Lipinski definition) is 1. The summed E-state index contributed by atoms with van der Waals surface area (Å²) in [5, 5.41) is 0. The summed E-state index contributed by atoms with van der Waals surface area (Å²) in [7, 11) is 0. The zero-order chi connectivity index (χ0) is 16.8. The topological polar surface area (TPSA) is 122 Å². The minimum absolute atomic E-state index is 0.102. The molecular formula is C14H19N5O4. The first-order valence-electron chi connectivity index (χ1n) is 7.15. The molecule has 9 nitrogen and oxygen atoms in total. The summed E-state index contributed by atoms with van der Waals surface area (Å²) >= 11 is 0. The third kappa shape index (κ3) is 4.90. The Morgan fingerprint density at radius 1 is 1.22 bits per heavy atom. The van der Waals surface area contributed by atoms with Gasteiger partial charge < -0.3 is 19.8 Å². The summed E-state index contributed by atoms with van der Waals surface area (Å²) in [5.74, 6) is -0.662. The second-order valence-corrected chi connectivity index (χ2v) is 5.13. The van der Waals surface area contributed by atoms with Crippen molar-refractivity contribution in [2.75, 3.05) is 18.9 Å². The number of ether oxygens (including phenoxy) is 2. The Kier molecular flexibility index (Phi) is 5.45. The van der Waals surface area contributed by atoms with Crippen LogP contribution in [0.4, 0.5) is 5.95 Å². The van der Waals surface area contributed by atoms with Crippen LogP contribution in [0.15, 0.2) is 12.5 Å². The average molecular weight is 321 g/mol. The van der Waals surface area contributed by atoms with Crippen LogP contribution in [0, 0.1) is 5.92 Å². The van der Waals surface area contributed by atoms with Gasteiger partial charge in [-0.05, 0) is 6.42 Å². The molecule has 0 aliphatic carbocycles. The normalized spacial score (nSPS) is 10.9. The molecule has 0 unspecified atom stereocenters. The van der Waals surface area contributed by atoms with Crippen molar-refractivity contribution in [2.24, 2.45) is 5.92 Å². The Bertz CT molecular complexity index is 682. The average Bonchev–Trinajstić information content (AvgIpc) is 2.88. The summed E-state index contributed by atoms with van der Waals surface area (Å²) in [4.78, 5) is 34.1. The molecule has 2 heterocycles. The largest absolute Gasteiger partial charge is 0.465 e. The number of aryl methyl sites for hydroxylation is 1. The number of esters is 2. The molecular weight excluding hydrogens is 302 g/mol. The van der Waals surface area contributed by atoms with E-state index in [-0.39, 0.29) is 37.0 Å². The molecule has 0 aliphatic rings. The highest BCUT2D eigenvalue weighted by atomic mass is 16.5. The van der Waals surface area contributed by atoms with Crippen LogP contribution in [0.2, 0.25) is 0 Å². The number of fused-ring (bicyclic) bond motifs is 1. The molecule has 2 aromatic rings. The van der Waals surface area contributed by atoms with Gasteiger partial charge in [-0.2, -0.15) is 4.98 Å². The van der Waals surface area contributed by atoms with Gasteiger partial charge in [0.2, 0.25) is 5.95 Å². The second-order valence-electron chi connectivity index (χ2n) is 5.13. The molecule has 23 heavy (non-hydrogen) atoms. The molecule has 124 valence electrons. The number of carbonyl (C=O) groups is 2. The van der Waals surface area contributed by atoms with Crippen LogP contribution in [0.25, 0.3) is 11.2 Å².